The van der Waals surface area contributed by atoms with E-state index >= 15 is 0 Å². The van der Waals surface area contributed by atoms with Gasteiger partial charge in [0.2, 0.25) is 10.0 Å². The van der Waals surface area contributed by atoms with Crippen molar-refractivity contribution in [2.75, 3.05) is 36.4 Å². The molecule has 0 fully saturated rings. The summed E-state index contributed by atoms with van der Waals surface area (Å²) in [5, 5.41) is 0. The fourth-order valence-electron chi connectivity index (χ4n) is 1.69. The number of sulfonamides is 1. The fourth-order valence-corrected chi connectivity index (χ4v) is 3.09. The molecule has 0 heterocycles. The van der Waals surface area contributed by atoms with Crippen molar-refractivity contribution in [3.05, 3.63) is 30.1 Å². The van der Waals surface area contributed by atoms with Crippen LogP contribution in [0, 0.1) is 5.82 Å². The topological polar surface area (TPSA) is 72.6 Å². The Balaban J connectivity index is 2.90. The molecule has 1 aromatic carbocycles. The highest BCUT2D eigenvalue weighted by Gasteiger charge is 2.21. The van der Waals surface area contributed by atoms with Crippen LogP contribution in [0.3, 0.4) is 0 Å². The minimum atomic E-state index is -3.50. The second-order valence-corrected chi connectivity index (χ2v) is 6.22. The summed E-state index contributed by atoms with van der Waals surface area (Å²) in [7, 11) is -3.50. The highest BCUT2D eigenvalue weighted by Crippen LogP contribution is 2.19. The predicted octanol–water partition coefficient (Wildman–Crippen LogP) is 1.35. The van der Waals surface area contributed by atoms with Gasteiger partial charge in [0.05, 0.1) is 18.0 Å². The van der Waals surface area contributed by atoms with Crippen LogP contribution in [0.2, 0.25) is 0 Å². The van der Waals surface area contributed by atoms with Gasteiger partial charge in [0.1, 0.15) is 5.82 Å². The van der Waals surface area contributed by atoms with Crippen molar-refractivity contribution in [3.63, 3.8) is 0 Å². The van der Waals surface area contributed by atoms with E-state index in [1.807, 2.05) is 0 Å². The van der Waals surface area contributed by atoms with Crippen molar-refractivity contribution in [2.24, 2.45) is 5.73 Å². The predicted molar refractivity (Wildman–Crippen MR) is 77.7 cm³/mol. The van der Waals surface area contributed by atoms with E-state index < -0.39 is 15.8 Å². The van der Waals surface area contributed by atoms with Crippen molar-refractivity contribution in [3.8, 4) is 0 Å². The second-order valence-electron chi connectivity index (χ2n) is 4.20. The van der Waals surface area contributed by atoms with Gasteiger partial charge in [-0.3, -0.25) is 4.31 Å². The van der Waals surface area contributed by atoms with E-state index in [1.165, 1.54) is 28.6 Å². The second kappa shape index (κ2) is 8.18. The molecule has 20 heavy (non-hydrogen) atoms. The zero-order chi connectivity index (χ0) is 15.0. The van der Waals surface area contributed by atoms with Crippen molar-refractivity contribution in [2.45, 2.75) is 13.3 Å². The van der Waals surface area contributed by atoms with Crippen LogP contribution in [-0.4, -0.2) is 40.5 Å². The molecule has 0 bridgehead atoms. The van der Waals surface area contributed by atoms with Crippen molar-refractivity contribution in [1.82, 2.24) is 0 Å². The lowest BCUT2D eigenvalue weighted by molar-refractivity contribution is 0.163. The molecule has 2 N–H and O–H groups in total. The minimum Gasteiger partial charge on any atom is -0.381 e. The summed E-state index contributed by atoms with van der Waals surface area (Å²) in [4.78, 5) is 0. The van der Waals surface area contributed by atoms with E-state index in [2.05, 4.69) is 0 Å². The Morgan fingerprint density at radius 3 is 2.50 bits per heavy atom. The van der Waals surface area contributed by atoms with Crippen LogP contribution in [0.15, 0.2) is 24.3 Å². The SMILES string of the molecule is CCOCCS(=O)(=O)N(CCCN)c1ccc(F)cc1. The van der Waals surface area contributed by atoms with Crippen molar-refractivity contribution < 1.29 is 17.5 Å². The zero-order valence-electron chi connectivity index (χ0n) is 11.6. The summed E-state index contributed by atoms with van der Waals surface area (Å²) in [5.74, 6) is -0.512. The smallest absolute Gasteiger partial charge is 0.237 e. The summed E-state index contributed by atoms with van der Waals surface area (Å²) >= 11 is 0. The number of rotatable bonds is 9. The number of hydrogen-bond acceptors (Lipinski definition) is 4. The molecule has 0 saturated heterocycles. The monoisotopic (exact) mass is 304 g/mol. The van der Waals surface area contributed by atoms with E-state index in [0.29, 0.717) is 25.3 Å². The number of anilines is 1. The van der Waals surface area contributed by atoms with E-state index in [-0.39, 0.29) is 18.9 Å². The van der Waals surface area contributed by atoms with E-state index in [9.17, 15) is 12.8 Å². The van der Waals surface area contributed by atoms with Crippen LogP contribution in [0.1, 0.15) is 13.3 Å². The molecule has 7 heteroatoms. The third kappa shape index (κ3) is 5.07. The standard InChI is InChI=1S/C13H21FN2O3S/c1-2-19-10-11-20(17,18)16(9-3-8-15)13-6-4-12(14)5-7-13/h4-7H,2-3,8-11,15H2,1H3. The molecule has 0 atom stereocenters. The number of nitrogens with two attached hydrogens (primary N) is 1. The van der Waals surface area contributed by atoms with Gasteiger partial charge in [0.25, 0.3) is 0 Å². The van der Waals surface area contributed by atoms with Gasteiger partial charge in [-0.2, -0.15) is 0 Å². The first-order chi connectivity index (χ1) is 9.51. The highest BCUT2D eigenvalue weighted by atomic mass is 32.2. The normalized spacial score (nSPS) is 11.6. The Morgan fingerprint density at radius 1 is 1.30 bits per heavy atom. The maximum absolute atomic E-state index is 12.9. The summed E-state index contributed by atoms with van der Waals surface area (Å²) in [6.45, 7) is 3.07. The Hall–Kier alpha value is -1.18. The largest absolute Gasteiger partial charge is 0.381 e. The van der Waals surface area contributed by atoms with Crippen LogP contribution >= 0.6 is 0 Å². The quantitative estimate of drug-likeness (QED) is 0.699. The maximum atomic E-state index is 12.9. The average Bonchev–Trinajstić information content (AvgIpc) is 2.41. The number of nitrogens with zero attached hydrogens (tertiary/aromatic N) is 1. The van der Waals surface area contributed by atoms with Gasteiger partial charge in [-0.1, -0.05) is 0 Å². The van der Waals surface area contributed by atoms with Gasteiger partial charge < -0.3 is 10.5 Å². The summed E-state index contributed by atoms with van der Waals surface area (Å²) in [6.07, 6.45) is 0.533. The molecular formula is C13H21FN2O3S. The first-order valence-electron chi connectivity index (χ1n) is 6.55. The molecule has 1 rings (SSSR count). The fraction of sp³-hybridized carbons (Fsp3) is 0.538. The number of ether oxygens (including phenoxy) is 1. The molecule has 0 saturated carbocycles. The highest BCUT2D eigenvalue weighted by molar-refractivity contribution is 7.92. The molecule has 0 spiro atoms. The number of hydrogen-bond donors (Lipinski definition) is 1. The molecule has 5 nitrogen and oxygen atoms in total. The zero-order valence-corrected chi connectivity index (χ0v) is 12.4. The molecule has 0 amide bonds. The molecule has 0 aliphatic carbocycles. The van der Waals surface area contributed by atoms with Gasteiger partial charge in [-0.15, -0.1) is 0 Å². The lowest BCUT2D eigenvalue weighted by Crippen LogP contribution is -2.36. The summed E-state index contributed by atoms with van der Waals surface area (Å²) in [6, 6.07) is 5.37. The third-order valence-electron chi connectivity index (χ3n) is 2.71. The average molecular weight is 304 g/mol. The molecule has 0 radical (unpaired) electrons. The Labute approximate surface area is 119 Å². The van der Waals surface area contributed by atoms with Crippen LogP contribution in [0.25, 0.3) is 0 Å². The Bertz CT molecular complexity index is 491. The molecule has 0 aliphatic heterocycles. The van der Waals surface area contributed by atoms with Gasteiger partial charge in [0.15, 0.2) is 0 Å². The number of benzene rings is 1. The van der Waals surface area contributed by atoms with Crippen LogP contribution < -0.4 is 10.0 Å². The van der Waals surface area contributed by atoms with Crippen LogP contribution in [0.5, 0.6) is 0 Å². The van der Waals surface area contributed by atoms with E-state index in [1.54, 1.807) is 6.92 Å². The van der Waals surface area contributed by atoms with Gasteiger partial charge >= 0.3 is 0 Å². The molecule has 1 aromatic rings. The molecule has 0 unspecified atom stereocenters. The van der Waals surface area contributed by atoms with E-state index in [4.69, 9.17) is 10.5 Å². The van der Waals surface area contributed by atoms with Crippen LogP contribution in [0.4, 0.5) is 10.1 Å². The summed E-state index contributed by atoms with van der Waals surface area (Å²) < 4.78 is 43.9. The maximum Gasteiger partial charge on any atom is 0.237 e. The first-order valence-corrected chi connectivity index (χ1v) is 8.16. The first kappa shape index (κ1) is 16.9. The molecular weight excluding hydrogens is 283 g/mol. The lowest BCUT2D eigenvalue weighted by atomic mass is 10.3. The number of halogens is 1. The lowest BCUT2D eigenvalue weighted by Gasteiger charge is -2.24. The molecule has 114 valence electrons. The van der Waals surface area contributed by atoms with Gasteiger partial charge in [-0.25, -0.2) is 12.8 Å². The Kier molecular flexibility index (Phi) is 6.90. The van der Waals surface area contributed by atoms with Gasteiger partial charge in [0, 0.05) is 13.2 Å². The van der Waals surface area contributed by atoms with E-state index in [0.717, 1.165) is 0 Å². The van der Waals surface area contributed by atoms with Crippen LogP contribution in [-0.2, 0) is 14.8 Å². The molecule has 0 aromatic heterocycles. The summed E-state index contributed by atoms with van der Waals surface area (Å²) in [5.41, 5.74) is 5.88. The van der Waals surface area contributed by atoms with Crippen molar-refractivity contribution >= 4 is 15.7 Å². The molecule has 0 aliphatic rings. The van der Waals surface area contributed by atoms with Crippen molar-refractivity contribution in [1.29, 1.82) is 0 Å². The minimum absolute atomic E-state index is 0.108. The Morgan fingerprint density at radius 2 is 1.95 bits per heavy atom. The van der Waals surface area contributed by atoms with Gasteiger partial charge in [-0.05, 0) is 44.2 Å². The third-order valence-corrected chi connectivity index (χ3v) is 4.45.